The second kappa shape index (κ2) is 4.89. The normalized spacial score (nSPS) is 28.1. The molecule has 0 bridgehead atoms. The Morgan fingerprint density at radius 1 is 1.18 bits per heavy atom. The van der Waals surface area contributed by atoms with Gasteiger partial charge in [-0.25, -0.2) is 0 Å². The van der Waals surface area contributed by atoms with Gasteiger partial charge in [0.15, 0.2) is 0 Å². The molecule has 0 unspecified atom stereocenters. The second-order valence-corrected chi connectivity index (χ2v) is 7.27. The molecule has 0 aromatic carbocycles. The van der Waals surface area contributed by atoms with E-state index in [1.165, 1.54) is 51.7 Å². The molecule has 1 heterocycles. The lowest BCUT2D eigenvalue weighted by atomic mass is 9.86. The summed E-state index contributed by atoms with van der Waals surface area (Å²) in [6.07, 6.45) is 7.03. The van der Waals surface area contributed by atoms with Crippen molar-refractivity contribution in [1.29, 1.82) is 0 Å². The zero-order valence-electron chi connectivity index (χ0n) is 12.2. The van der Waals surface area contributed by atoms with E-state index in [1.807, 2.05) is 0 Å². The van der Waals surface area contributed by atoms with Crippen molar-refractivity contribution in [2.75, 3.05) is 19.6 Å². The Morgan fingerprint density at radius 2 is 1.82 bits per heavy atom. The molecule has 0 aromatic rings. The van der Waals surface area contributed by atoms with Crippen LogP contribution in [0.15, 0.2) is 0 Å². The number of rotatable bonds is 3. The van der Waals surface area contributed by atoms with E-state index in [4.69, 9.17) is 0 Å². The topological polar surface area (TPSA) is 15.3 Å². The predicted molar refractivity (Wildman–Crippen MR) is 74.3 cm³/mol. The Kier molecular flexibility index (Phi) is 3.84. The molecule has 1 aliphatic carbocycles. The van der Waals surface area contributed by atoms with Crippen molar-refractivity contribution < 1.29 is 0 Å². The van der Waals surface area contributed by atoms with Crippen LogP contribution in [0.2, 0.25) is 0 Å². The third kappa shape index (κ3) is 3.03. The van der Waals surface area contributed by atoms with E-state index >= 15 is 0 Å². The van der Waals surface area contributed by atoms with Gasteiger partial charge in [-0.15, -0.1) is 0 Å². The molecule has 0 radical (unpaired) electrons. The Labute approximate surface area is 107 Å². The van der Waals surface area contributed by atoms with Crippen molar-refractivity contribution >= 4 is 0 Å². The van der Waals surface area contributed by atoms with E-state index < -0.39 is 0 Å². The number of nitrogens with one attached hydrogen (secondary N) is 1. The summed E-state index contributed by atoms with van der Waals surface area (Å²) in [5, 5.41) is 3.77. The van der Waals surface area contributed by atoms with E-state index in [1.54, 1.807) is 0 Å². The standard InChI is InChI=1S/C15H30N2/c1-13(2)7-10-17-12-14(3,4)16-11-15(17)8-5-6-9-15/h13,16H,5-12H2,1-4H3. The first-order valence-corrected chi connectivity index (χ1v) is 7.44. The van der Waals surface area contributed by atoms with Gasteiger partial charge in [-0.2, -0.15) is 0 Å². The molecular weight excluding hydrogens is 208 g/mol. The molecule has 1 saturated carbocycles. The summed E-state index contributed by atoms with van der Waals surface area (Å²) >= 11 is 0. The van der Waals surface area contributed by atoms with Crippen LogP contribution in [0.3, 0.4) is 0 Å². The third-order valence-corrected chi connectivity index (χ3v) is 4.66. The smallest absolute Gasteiger partial charge is 0.0334 e. The first-order chi connectivity index (χ1) is 7.94. The quantitative estimate of drug-likeness (QED) is 0.813. The van der Waals surface area contributed by atoms with Crippen molar-refractivity contribution in [3.63, 3.8) is 0 Å². The zero-order valence-corrected chi connectivity index (χ0v) is 12.2. The number of hydrogen-bond acceptors (Lipinski definition) is 2. The largest absolute Gasteiger partial charge is 0.309 e. The van der Waals surface area contributed by atoms with Gasteiger partial charge < -0.3 is 5.32 Å². The molecule has 0 aromatic heterocycles. The fourth-order valence-electron chi connectivity index (χ4n) is 3.47. The molecule has 1 aliphatic heterocycles. The van der Waals surface area contributed by atoms with Crippen LogP contribution >= 0.6 is 0 Å². The van der Waals surface area contributed by atoms with Crippen molar-refractivity contribution in [3.8, 4) is 0 Å². The molecule has 1 saturated heterocycles. The Morgan fingerprint density at radius 3 is 2.41 bits per heavy atom. The number of nitrogens with zero attached hydrogens (tertiary/aromatic N) is 1. The molecule has 0 atom stereocenters. The third-order valence-electron chi connectivity index (χ3n) is 4.66. The van der Waals surface area contributed by atoms with Gasteiger partial charge >= 0.3 is 0 Å². The SMILES string of the molecule is CC(C)CCN1CC(C)(C)NCC12CCCC2. The van der Waals surface area contributed by atoms with Crippen molar-refractivity contribution in [2.45, 2.75) is 70.9 Å². The molecule has 2 heteroatoms. The van der Waals surface area contributed by atoms with Crippen LogP contribution in [-0.4, -0.2) is 35.6 Å². The molecule has 100 valence electrons. The minimum absolute atomic E-state index is 0.296. The summed E-state index contributed by atoms with van der Waals surface area (Å²) in [4.78, 5) is 2.82. The van der Waals surface area contributed by atoms with Gasteiger partial charge in [-0.05, 0) is 45.6 Å². The fourth-order valence-corrected chi connectivity index (χ4v) is 3.47. The molecular formula is C15H30N2. The van der Waals surface area contributed by atoms with Crippen molar-refractivity contribution in [3.05, 3.63) is 0 Å². The minimum atomic E-state index is 0.296. The highest BCUT2D eigenvalue weighted by atomic mass is 15.3. The van der Waals surface area contributed by atoms with Gasteiger partial charge in [0.05, 0.1) is 0 Å². The van der Waals surface area contributed by atoms with Crippen LogP contribution in [0.4, 0.5) is 0 Å². The molecule has 17 heavy (non-hydrogen) atoms. The monoisotopic (exact) mass is 238 g/mol. The first-order valence-electron chi connectivity index (χ1n) is 7.44. The summed E-state index contributed by atoms with van der Waals surface area (Å²) in [7, 11) is 0. The molecule has 2 nitrogen and oxygen atoms in total. The van der Waals surface area contributed by atoms with Crippen LogP contribution in [0.5, 0.6) is 0 Å². The Balaban J connectivity index is 2.04. The summed E-state index contributed by atoms with van der Waals surface area (Å²) < 4.78 is 0. The van der Waals surface area contributed by atoms with Crippen LogP contribution in [-0.2, 0) is 0 Å². The van der Waals surface area contributed by atoms with Gasteiger partial charge in [0, 0.05) is 24.2 Å². The minimum Gasteiger partial charge on any atom is -0.309 e. The highest BCUT2D eigenvalue weighted by Gasteiger charge is 2.45. The van der Waals surface area contributed by atoms with Crippen LogP contribution in [0, 0.1) is 5.92 Å². The lowest BCUT2D eigenvalue weighted by Crippen LogP contribution is -2.67. The van der Waals surface area contributed by atoms with E-state index in [2.05, 4.69) is 37.9 Å². The molecule has 1 N–H and O–H groups in total. The van der Waals surface area contributed by atoms with E-state index in [0.717, 1.165) is 5.92 Å². The Hall–Kier alpha value is -0.0800. The molecule has 0 amide bonds. The van der Waals surface area contributed by atoms with Crippen LogP contribution < -0.4 is 5.32 Å². The lowest BCUT2D eigenvalue weighted by Gasteiger charge is -2.51. The van der Waals surface area contributed by atoms with E-state index in [0.29, 0.717) is 11.1 Å². The van der Waals surface area contributed by atoms with E-state index in [-0.39, 0.29) is 0 Å². The van der Waals surface area contributed by atoms with E-state index in [9.17, 15) is 0 Å². The molecule has 2 rings (SSSR count). The second-order valence-electron chi connectivity index (χ2n) is 7.27. The maximum Gasteiger partial charge on any atom is 0.0334 e. The number of piperazine rings is 1. The average Bonchev–Trinajstić information content (AvgIpc) is 2.70. The predicted octanol–water partition coefficient (Wildman–Crippen LogP) is 3.03. The summed E-state index contributed by atoms with van der Waals surface area (Å²) in [6, 6.07) is 0. The van der Waals surface area contributed by atoms with Gasteiger partial charge in [-0.1, -0.05) is 26.7 Å². The fraction of sp³-hybridized carbons (Fsp3) is 1.00. The highest BCUT2D eigenvalue weighted by molar-refractivity contribution is 5.04. The van der Waals surface area contributed by atoms with Crippen LogP contribution in [0.25, 0.3) is 0 Å². The van der Waals surface area contributed by atoms with Gasteiger partial charge in [-0.3, -0.25) is 4.90 Å². The van der Waals surface area contributed by atoms with Gasteiger partial charge in [0.25, 0.3) is 0 Å². The summed E-state index contributed by atoms with van der Waals surface area (Å²) in [5.74, 6) is 0.825. The average molecular weight is 238 g/mol. The Bertz CT molecular complexity index is 252. The lowest BCUT2D eigenvalue weighted by molar-refractivity contribution is 0.0158. The molecule has 1 spiro atoms. The maximum atomic E-state index is 3.77. The zero-order chi connectivity index (χ0) is 12.5. The van der Waals surface area contributed by atoms with Gasteiger partial charge in [0.1, 0.15) is 0 Å². The highest BCUT2D eigenvalue weighted by Crippen LogP contribution is 2.38. The number of hydrogen-bond donors (Lipinski definition) is 1. The first kappa shape index (κ1) is 13.4. The van der Waals surface area contributed by atoms with Gasteiger partial charge in [0.2, 0.25) is 0 Å². The molecule has 2 aliphatic rings. The summed E-state index contributed by atoms with van der Waals surface area (Å²) in [6.45, 7) is 13.1. The van der Waals surface area contributed by atoms with Crippen molar-refractivity contribution in [2.24, 2.45) is 5.92 Å². The van der Waals surface area contributed by atoms with Crippen LogP contribution in [0.1, 0.15) is 59.8 Å². The molecule has 2 fully saturated rings. The summed E-state index contributed by atoms with van der Waals surface area (Å²) in [5.41, 5.74) is 0.801. The van der Waals surface area contributed by atoms with Crippen molar-refractivity contribution in [1.82, 2.24) is 10.2 Å². The maximum absolute atomic E-state index is 3.77.